The van der Waals surface area contributed by atoms with E-state index in [-0.39, 0.29) is 23.3 Å². The molecule has 8 heteroatoms. The SMILES string of the molecule is COC(=O)C1=CO[C@@H]2O[C@H]3C(=Cc4ccc(O)c(OC)c4)C(=O)O[C@]34C=C[C@H]1[C@H]24. The molecule has 1 N–H and O–H groups in total. The average molecular weight is 398 g/mol. The molecule has 0 radical (unpaired) electrons. The summed E-state index contributed by atoms with van der Waals surface area (Å²) in [7, 11) is 2.75. The lowest BCUT2D eigenvalue weighted by Gasteiger charge is -2.32. The third-order valence-corrected chi connectivity index (χ3v) is 5.87. The van der Waals surface area contributed by atoms with Gasteiger partial charge in [0.15, 0.2) is 17.1 Å². The van der Waals surface area contributed by atoms with Gasteiger partial charge in [0.25, 0.3) is 0 Å². The van der Waals surface area contributed by atoms with Crippen LogP contribution in [0.5, 0.6) is 11.5 Å². The molecule has 1 aliphatic carbocycles. The second kappa shape index (κ2) is 6.12. The van der Waals surface area contributed by atoms with Gasteiger partial charge in [-0.1, -0.05) is 12.1 Å². The highest BCUT2D eigenvalue weighted by molar-refractivity contribution is 5.99. The second-order valence-electron chi connectivity index (χ2n) is 7.27. The average Bonchev–Trinajstić information content (AvgIpc) is 3.33. The fourth-order valence-electron chi connectivity index (χ4n) is 4.57. The van der Waals surface area contributed by atoms with Crippen LogP contribution in [0.25, 0.3) is 6.08 Å². The van der Waals surface area contributed by atoms with Gasteiger partial charge in [0, 0.05) is 5.92 Å². The smallest absolute Gasteiger partial charge is 0.337 e. The van der Waals surface area contributed by atoms with E-state index in [1.807, 2.05) is 6.08 Å². The predicted molar refractivity (Wildman–Crippen MR) is 97.4 cm³/mol. The van der Waals surface area contributed by atoms with E-state index in [1.54, 1.807) is 24.3 Å². The van der Waals surface area contributed by atoms with E-state index in [0.29, 0.717) is 16.7 Å². The monoisotopic (exact) mass is 398 g/mol. The van der Waals surface area contributed by atoms with Crippen molar-refractivity contribution >= 4 is 18.0 Å². The van der Waals surface area contributed by atoms with Crippen molar-refractivity contribution in [3.63, 3.8) is 0 Å². The van der Waals surface area contributed by atoms with Gasteiger partial charge in [0.05, 0.1) is 37.5 Å². The number of esters is 2. The number of rotatable bonds is 3. The van der Waals surface area contributed by atoms with Crippen LogP contribution in [0.2, 0.25) is 0 Å². The van der Waals surface area contributed by atoms with Crippen LogP contribution in [0, 0.1) is 11.8 Å². The topological polar surface area (TPSA) is 101 Å². The number of carbonyl (C=O) groups excluding carboxylic acids is 2. The number of allylic oxidation sites excluding steroid dienone is 1. The number of carbonyl (C=O) groups is 2. The summed E-state index contributed by atoms with van der Waals surface area (Å²) in [5, 5.41) is 9.78. The van der Waals surface area contributed by atoms with Crippen molar-refractivity contribution in [2.45, 2.75) is 18.0 Å². The molecule has 29 heavy (non-hydrogen) atoms. The van der Waals surface area contributed by atoms with Gasteiger partial charge in [-0.3, -0.25) is 0 Å². The van der Waals surface area contributed by atoms with Gasteiger partial charge in [0.2, 0.25) is 6.29 Å². The van der Waals surface area contributed by atoms with Crippen LogP contribution in [-0.2, 0) is 28.5 Å². The minimum absolute atomic E-state index is 0.000336. The lowest BCUT2D eigenvalue weighted by atomic mass is 9.78. The van der Waals surface area contributed by atoms with Crippen LogP contribution in [0.4, 0.5) is 0 Å². The van der Waals surface area contributed by atoms with Crippen LogP contribution >= 0.6 is 0 Å². The van der Waals surface area contributed by atoms with Gasteiger partial charge in [-0.15, -0.1) is 0 Å². The molecule has 0 amide bonds. The van der Waals surface area contributed by atoms with Crippen molar-refractivity contribution in [3.05, 3.63) is 53.3 Å². The van der Waals surface area contributed by atoms with Crippen molar-refractivity contribution in [2.24, 2.45) is 11.8 Å². The van der Waals surface area contributed by atoms with E-state index >= 15 is 0 Å². The molecule has 1 aromatic rings. The fraction of sp³-hybridized carbons (Fsp3) is 0.333. The maximum absolute atomic E-state index is 12.7. The minimum Gasteiger partial charge on any atom is -0.504 e. The van der Waals surface area contributed by atoms with E-state index in [2.05, 4.69) is 0 Å². The van der Waals surface area contributed by atoms with E-state index in [0.717, 1.165) is 0 Å². The highest BCUT2D eigenvalue weighted by atomic mass is 16.7. The normalized spacial score (nSPS) is 34.9. The van der Waals surface area contributed by atoms with Crippen LogP contribution < -0.4 is 4.74 Å². The predicted octanol–water partition coefficient (Wildman–Crippen LogP) is 1.69. The summed E-state index contributed by atoms with van der Waals surface area (Å²) in [6.45, 7) is 0. The van der Waals surface area contributed by atoms with E-state index in [4.69, 9.17) is 23.7 Å². The quantitative estimate of drug-likeness (QED) is 0.467. The summed E-state index contributed by atoms with van der Waals surface area (Å²) in [5.41, 5.74) is 0.311. The Morgan fingerprint density at radius 2 is 2.14 bits per heavy atom. The highest BCUT2D eigenvalue weighted by Crippen LogP contribution is 2.58. The summed E-state index contributed by atoms with van der Waals surface area (Å²) in [6, 6.07) is 4.76. The number of methoxy groups -OCH3 is 2. The zero-order valence-electron chi connectivity index (χ0n) is 15.7. The van der Waals surface area contributed by atoms with Crippen LogP contribution in [0.1, 0.15) is 5.56 Å². The minimum atomic E-state index is -1.03. The van der Waals surface area contributed by atoms with Crippen molar-refractivity contribution in [2.75, 3.05) is 14.2 Å². The van der Waals surface area contributed by atoms with Crippen molar-refractivity contribution in [3.8, 4) is 11.5 Å². The Bertz CT molecular complexity index is 1010. The standard InChI is InChI=1S/C21H18O8/c1-25-15-8-10(3-4-14(15)22)7-12-17-21(29-19(12)24)6-5-11-13(18(23)26-2)9-27-20(28-17)16(11)21/h3-9,11,16-17,20,22H,1-2H3/t11-,16-,17+,20-,21+/m1/s1. The molecule has 0 bridgehead atoms. The molecule has 5 atom stereocenters. The number of ether oxygens (including phenoxy) is 5. The molecule has 5 rings (SSSR count). The number of hydrogen-bond donors (Lipinski definition) is 1. The number of hydrogen-bond acceptors (Lipinski definition) is 8. The third kappa shape index (κ3) is 2.35. The second-order valence-corrected chi connectivity index (χ2v) is 7.27. The molecule has 1 spiro atoms. The first-order valence-corrected chi connectivity index (χ1v) is 9.09. The molecule has 4 aliphatic rings. The third-order valence-electron chi connectivity index (χ3n) is 5.87. The van der Waals surface area contributed by atoms with Gasteiger partial charge >= 0.3 is 11.9 Å². The van der Waals surface area contributed by atoms with E-state index in [1.165, 1.54) is 26.5 Å². The van der Waals surface area contributed by atoms with Crippen molar-refractivity contribution in [1.82, 2.24) is 0 Å². The Morgan fingerprint density at radius 3 is 2.90 bits per heavy atom. The highest BCUT2D eigenvalue weighted by Gasteiger charge is 2.70. The summed E-state index contributed by atoms with van der Waals surface area (Å²) >= 11 is 0. The van der Waals surface area contributed by atoms with Gasteiger partial charge in [0.1, 0.15) is 6.10 Å². The summed E-state index contributed by atoms with van der Waals surface area (Å²) in [5.74, 6) is -1.41. The van der Waals surface area contributed by atoms with Crippen molar-refractivity contribution in [1.29, 1.82) is 0 Å². The zero-order chi connectivity index (χ0) is 20.3. The van der Waals surface area contributed by atoms with Gasteiger partial charge in [-0.05, 0) is 29.8 Å². The first kappa shape index (κ1) is 17.8. The molecule has 0 saturated carbocycles. The Hall–Kier alpha value is -3.26. The fourth-order valence-corrected chi connectivity index (χ4v) is 4.57. The molecule has 3 heterocycles. The number of aromatic hydroxyl groups is 1. The molecule has 8 nitrogen and oxygen atoms in total. The van der Waals surface area contributed by atoms with E-state index < -0.39 is 29.9 Å². The molecule has 2 saturated heterocycles. The number of phenolic OH excluding ortho intramolecular Hbond substituents is 1. The maximum atomic E-state index is 12.7. The van der Waals surface area contributed by atoms with Gasteiger partial charge in [-0.2, -0.15) is 0 Å². The van der Waals surface area contributed by atoms with Crippen molar-refractivity contribution < 1.29 is 38.4 Å². The molecule has 0 unspecified atom stereocenters. The lowest BCUT2D eigenvalue weighted by molar-refractivity contribution is -0.152. The molecule has 1 aromatic carbocycles. The summed E-state index contributed by atoms with van der Waals surface area (Å²) in [4.78, 5) is 24.8. The first-order chi connectivity index (χ1) is 14.0. The first-order valence-electron chi connectivity index (χ1n) is 9.09. The Morgan fingerprint density at radius 1 is 1.31 bits per heavy atom. The largest absolute Gasteiger partial charge is 0.504 e. The Labute approximate surface area is 165 Å². The summed E-state index contributed by atoms with van der Waals surface area (Å²) in [6.07, 6.45) is 5.30. The number of benzene rings is 1. The maximum Gasteiger partial charge on any atom is 0.337 e. The lowest BCUT2D eigenvalue weighted by Crippen LogP contribution is -2.43. The zero-order valence-corrected chi connectivity index (χ0v) is 15.7. The molecule has 3 aliphatic heterocycles. The number of phenols is 1. The molecule has 150 valence electrons. The van der Waals surface area contributed by atoms with E-state index in [9.17, 15) is 14.7 Å². The molecule has 0 aromatic heterocycles. The van der Waals surface area contributed by atoms with Crippen LogP contribution in [0.15, 0.2) is 47.8 Å². The summed E-state index contributed by atoms with van der Waals surface area (Å²) < 4.78 is 27.4. The van der Waals surface area contributed by atoms with Gasteiger partial charge in [-0.25, -0.2) is 9.59 Å². The molecular weight excluding hydrogens is 380 g/mol. The van der Waals surface area contributed by atoms with Gasteiger partial charge < -0.3 is 28.8 Å². The molecule has 2 fully saturated rings. The Balaban J connectivity index is 1.52. The van der Waals surface area contributed by atoms with Crippen LogP contribution in [0.3, 0.4) is 0 Å². The van der Waals surface area contributed by atoms with Crippen LogP contribution in [-0.4, -0.2) is 49.3 Å². The molecular formula is C21H18O8. The Kier molecular flexibility index (Phi) is 3.76.